The van der Waals surface area contributed by atoms with E-state index in [9.17, 15) is 0 Å². The van der Waals surface area contributed by atoms with Crippen molar-refractivity contribution in [2.75, 3.05) is 0 Å². The molecule has 1 unspecified atom stereocenters. The summed E-state index contributed by atoms with van der Waals surface area (Å²) in [6.07, 6.45) is 1.01. The first-order chi connectivity index (χ1) is 9.16. The van der Waals surface area contributed by atoms with Crippen LogP contribution in [0.3, 0.4) is 0 Å². The Morgan fingerprint density at radius 1 is 1.35 bits per heavy atom. The van der Waals surface area contributed by atoms with E-state index < -0.39 is 0 Å². The largest absolute Gasteiger partial charge is 0.368 e. The molecule has 1 saturated heterocycles. The molecule has 6 heteroatoms. The highest BCUT2D eigenvalue weighted by Crippen LogP contribution is 2.45. The Hall–Kier alpha value is -0.590. The highest BCUT2D eigenvalue weighted by Gasteiger charge is 2.47. The molecule has 0 aromatic carbocycles. The first kappa shape index (κ1) is 15.8. The Balaban J connectivity index is 2.25. The van der Waals surface area contributed by atoms with Crippen LogP contribution in [0.4, 0.5) is 0 Å². The van der Waals surface area contributed by atoms with Gasteiger partial charge < -0.3 is 15.0 Å². The second-order valence-electron chi connectivity index (χ2n) is 6.84. The molecule has 1 aliphatic rings. The van der Waals surface area contributed by atoms with Crippen LogP contribution in [0, 0.1) is 0 Å². The number of aromatic nitrogens is 3. The Morgan fingerprint density at radius 3 is 2.45 bits per heavy atom. The maximum Gasteiger partial charge on any atom is 0.191 e. The van der Waals surface area contributed by atoms with Gasteiger partial charge >= 0.3 is 0 Å². The van der Waals surface area contributed by atoms with E-state index in [-0.39, 0.29) is 11.2 Å². The lowest BCUT2D eigenvalue weighted by molar-refractivity contribution is -0.0632. The van der Waals surface area contributed by atoms with E-state index in [0.29, 0.717) is 17.8 Å². The van der Waals surface area contributed by atoms with Crippen LogP contribution in [-0.2, 0) is 11.3 Å². The van der Waals surface area contributed by atoms with Crippen LogP contribution < -0.4 is 5.73 Å². The van der Waals surface area contributed by atoms with Crippen molar-refractivity contribution in [2.24, 2.45) is 5.73 Å². The van der Waals surface area contributed by atoms with E-state index in [1.54, 1.807) is 11.8 Å². The predicted octanol–water partition coefficient (Wildman–Crippen LogP) is 2.76. The van der Waals surface area contributed by atoms with Gasteiger partial charge in [-0.05, 0) is 48.0 Å². The Kier molecular flexibility index (Phi) is 4.19. The number of nitrogens with zero attached hydrogens (tertiary/aromatic N) is 3. The highest BCUT2D eigenvalue weighted by atomic mass is 32.2. The normalized spacial score (nSPS) is 24.5. The average Bonchev–Trinajstić information content (AvgIpc) is 2.77. The van der Waals surface area contributed by atoms with E-state index in [0.717, 1.165) is 17.4 Å². The van der Waals surface area contributed by atoms with Crippen LogP contribution in [0.2, 0.25) is 0 Å². The van der Waals surface area contributed by atoms with Gasteiger partial charge in [0.15, 0.2) is 5.16 Å². The summed E-state index contributed by atoms with van der Waals surface area (Å²) in [5.74, 6) is 0.846. The van der Waals surface area contributed by atoms with Gasteiger partial charge in [0.05, 0.1) is 17.7 Å². The fourth-order valence-corrected chi connectivity index (χ4v) is 4.46. The minimum atomic E-state index is -0.162. The lowest BCUT2D eigenvalue weighted by atomic mass is 10.0. The second-order valence-corrected chi connectivity index (χ2v) is 8.01. The molecule has 0 bridgehead atoms. The Bertz CT molecular complexity index is 482. The van der Waals surface area contributed by atoms with Crippen molar-refractivity contribution in [3.63, 3.8) is 0 Å². The molecule has 1 atom stereocenters. The summed E-state index contributed by atoms with van der Waals surface area (Å²) in [5, 5.41) is 9.84. The van der Waals surface area contributed by atoms with Crippen LogP contribution in [-0.4, -0.2) is 31.2 Å². The van der Waals surface area contributed by atoms with E-state index in [1.165, 1.54) is 0 Å². The van der Waals surface area contributed by atoms with Crippen LogP contribution >= 0.6 is 11.8 Å². The van der Waals surface area contributed by atoms with Crippen molar-refractivity contribution in [1.82, 2.24) is 14.8 Å². The van der Waals surface area contributed by atoms with Gasteiger partial charge in [0.1, 0.15) is 5.82 Å². The molecule has 0 saturated carbocycles. The fraction of sp³-hybridized carbons (Fsp3) is 0.857. The number of thioether (sulfide) groups is 1. The smallest absolute Gasteiger partial charge is 0.191 e. The molecular formula is C14H26N4OS. The third-order valence-corrected chi connectivity index (χ3v) is 5.18. The van der Waals surface area contributed by atoms with Crippen molar-refractivity contribution in [2.45, 2.75) is 82.2 Å². The molecule has 0 amide bonds. The molecule has 0 radical (unpaired) electrons. The lowest BCUT2D eigenvalue weighted by Gasteiger charge is -2.27. The lowest BCUT2D eigenvalue weighted by Crippen LogP contribution is -2.31. The minimum Gasteiger partial charge on any atom is -0.368 e. The minimum absolute atomic E-state index is 0.0828. The number of nitrogens with two attached hydrogens (primary N) is 1. The van der Waals surface area contributed by atoms with E-state index in [1.807, 2.05) is 0 Å². The number of ether oxygens (including phenoxy) is 1. The molecule has 2 heterocycles. The zero-order chi connectivity index (χ0) is 15.1. The fourth-order valence-electron chi connectivity index (χ4n) is 2.87. The molecule has 20 heavy (non-hydrogen) atoms. The molecule has 114 valence electrons. The standard InChI is InChI=1S/C14H26N4OS/c1-9(2)18-11(8-15)16-17-12(18)20-10-7-13(3,4)19-14(10,5)6/h9-10H,7-8,15H2,1-6H3. The zero-order valence-corrected chi connectivity index (χ0v) is 14.1. The average molecular weight is 298 g/mol. The van der Waals surface area contributed by atoms with Crippen LogP contribution in [0.25, 0.3) is 0 Å². The summed E-state index contributed by atoms with van der Waals surface area (Å²) in [6.45, 7) is 13.3. The van der Waals surface area contributed by atoms with Gasteiger partial charge in [0, 0.05) is 11.3 Å². The van der Waals surface area contributed by atoms with Gasteiger partial charge in [-0.3, -0.25) is 0 Å². The molecule has 1 aliphatic heterocycles. The van der Waals surface area contributed by atoms with E-state index in [4.69, 9.17) is 10.5 Å². The number of hydrogen-bond donors (Lipinski definition) is 1. The van der Waals surface area contributed by atoms with Gasteiger partial charge in [-0.25, -0.2) is 0 Å². The SMILES string of the molecule is CC(C)n1c(CN)nnc1SC1CC(C)(C)OC1(C)C. The van der Waals surface area contributed by atoms with E-state index in [2.05, 4.69) is 56.3 Å². The number of rotatable bonds is 4. The zero-order valence-electron chi connectivity index (χ0n) is 13.3. The Morgan fingerprint density at radius 2 is 2.00 bits per heavy atom. The van der Waals surface area contributed by atoms with Gasteiger partial charge in [0.25, 0.3) is 0 Å². The first-order valence-electron chi connectivity index (χ1n) is 7.17. The molecule has 2 rings (SSSR count). The van der Waals surface area contributed by atoms with Crippen LogP contribution in [0.5, 0.6) is 0 Å². The molecule has 1 fully saturated rings. The second kappa shape index (κ2) is 5.31. The van der Waals surface area contributed by atoms with Crippen LogP contribution in [0.15, 0.2) is 5.16 Å². The van der Waals surface area contributed by atoms with Crippen molar-refractivity contribution in [1.29, 1.82) is 0 Å². The third-order valence-electron chi connectivity index (χ3n) is 3.67. The van der Waals surface area contributed by atoms with Crippen molar-refractivity contribution in [3.8, 4) is 0 Å². The van der Waals surface area contributed by atoms with Gasteiger partial charge in [-0.1, -0.05) is 11.8 Å². The third kappa shape index (κ3) is 3.02. The van der Waals surface area contributed by atoms with Crippen LogP contribution in [0.1, 0.15) is 59.8 Å². The predicted molar refractivity (Wildman–Crippen MR) is 81.8 cm³/mol. The maximum atomic E-state index is 6.15. The van der Waals surface area contributed by atoms with Gasteiger partial charge in [-0.2, -0.15) is 0 Å². The summed E-state index contributed by atoms with van der Waals surface area (Å²) >= 11 is 1.76. The molecule has 0 aliphatic carbocycles. The summed E-state index contributed by atoms with van der Waals surface area (Å²) in [5.41, 5.74) is 5.50. The number of hydrogen-bond acceptors (Lipinski definition) is 5. The topological polar surface area (TPSA) is 66.0 Å². The van der Waals surface area contributed by atoms with Gasteiger partial charge in [0.2, 0.25) is 0 Å². The van der Waals surface area contributed by atoms with Gasteiger partial charge in [-0.15, -0.1) is 10.2 Å². The highest BCUT2D eigenvalue weighted by molar-refractivity contribution is 7.99. The Labute approximate surface area is 125 Å². The summed E-state index contributed by atoms with van der Waals surface area (Å²) in [7, 11) is 0. The molecule has 0 spiro atoms. The van der Waals surface area contributed by atoms with Crippen molar-refractivity contribution < 1.29 is 4.74 Å². The molecule has 5 nitrogen and oxygen atoms in total. The molecular weight excluding hydrogens is 272 g/mol. The van der Waals surface area contributed by atoms with Crippen molar-refractivity contribution in [3.05, 3.63) is 5.82 Å². The summed E-state index contributed by atoms with van der Waals surface area (Å²) < 4.78 is 8.28. The quantitative estimate of drug-likeness (QED) is 0.926. The maximum absolute atomic E-state index is 6.15. The van der Waals surface area contributed by atoms with E-state index >= 15 is 0 Å². The first-order valence-corrected chi connectivity index (χ1v) is 8.05. The summed E-state index contributed by atoms with van der Waals surface area (Å²) in [6, 6.07) is 0.310. The summed E-state index contributed by atoms with van der Waals surface area (Å²) in [4.78, 5) is 0. The monoisotopic (exact) mass is 298 g/mol. The van der Waals surface area contributed by atoms with Crippen molar-refractivity contribution >= 4 is 11.8 Å². The molecule has 1 aromatic heterocycles. The molecule has 1 aromatic rings. The molecule has 2 N–H and O–H groups in total.